The van der Waals surface area contributed by atoms with E-state index in [0.717, 1.165) is 38.9 Å². The van der Waals surface area contributed by atoms with Gasteiger partial charge in [0.1, 0.15) is 0 Å². The molecule has 0 N–H and O–H groups in total. The highest BCUT2D eigenvalue weighted by Gasteiger charge is 2.20. The first-order valence-electron chi connectivity index (χ1n) is 15.6. The number of para-hydroxylation sites is 4. The van der Waals surface area contributed by atoms with Crippen molar-refractivity contribution in [2.75, 3.05) is 0 Å². The molecule has 10 aromatic rings. The molecule has 3 heterocycles. The van der Waals surface area contributed by atoms with Gasteiger partial charge >= 0.3 is 0 Å². The average Bonchev–Trinajstić information content (AvgIpc) is 3.63. The van der Waals surface area contributed by atoms with E-state index in [1.807, 2.05) is 12.1 Å². The smallest absolute Gasteiger partial charge is 0.235 e. The van der Waals surface area contributed by atoms with E-state index in [-0.39, 0.29) is 0 Å². The molecule has 10 rings (SSSR count). The highest BCUT2D eigenvalue weighted by atomic mass is 15.2. The summed E-state index contributed by atoms with van der Waals surface area (Å²) >= 11 is 0. The minimum Gasteiger partial charge on any atom is -0.309 e. The number of benzene rings is 7. The Morgan fingerprint density at radius 3 is 1.85 bits per heavy atom. The first kappa shape index (κ1) is 25.1. The van der Waals surface area contributed by atoms with Gasteiger partial charge in [-0.3, -0.25) is 4.57 Å². The van der Waals surface area contributed by atoms with Crippen molar-refractivity contribution >= 4 is 65.3 Å². The van der Waals surface area contributed by atoms with Crippen LogP contribution in [0.3, 0.4) is 0 Å². The van der Waals surface area contributed by atoms with Crippen LogP contribution in [0, 0.1) is 0 Å². The fourth-order valence-electron chi connectivity index (χ4n) is 7.31. The second kappa shape index (κ2) is 9.62. The first-order chi connectivity index (χ1) is 22.8. The fourth-order valence-corrected chi connectivity index (χ4v) is 7.31. The zero-order chi connectivity index (χ0) is 30.2. The molecule has 0 unspecified atom stereocenters. The normalized spacial score (nSPS) is 11.9. The van der Waals surface area contributed by atoms with E-state index < -0.39 is 0 Å². The monoisotopic (exact) mass is 586 g/mol. The standard InChI is InChI=1S/C42H26N4/c1-3-13-27(14-4-1)41-31-18-7-10-20-35(31)43-42(44-41)46-36-21-11-8-17-30(36)34-25-28-23-24-38-40(33(28)26-39(34)46)32-19-9-12-22-37(32)45(38)29-15-5-2-6-16-29/h1-26H. The molecule has 0 radical (unpaired) electrons. The molecule has 46 heavy (non-hydrogen) atoms. The van der Waals surface area contributed by atoms with Crippen LogP contribution in [0.4, 0.5) is 0 Å². The average molecular weight is 587 g/mol. The van der Waals surface area contributed by atoms with Crippen molar-refractivity contribution < 1.29 is 0 Å². The third-order valence-corrected chi connectivity index (χ3v) is 9.30. The number of fused-ring (bicyclic) bond motifs is 9. The molecule has 7 aromatic carbocycles. The molecule has 0 amide bonds. The summed E-state index contributed by atoms with van der Waals surface area (Å²) in [5.74, 6) is 0.669. The number of nitrogens with zero attached hydrogens (tertiary/aromatic N) is 4. The summed E-state index contributed by atoms with van der Waals surface area (Å²) in [6.45, 7) is 0. The Morgan fingerprint density at radius 1 is 0.391 bits per heavy atom. The lowest BCUT2D eigenvalue weighted by Gasteiger charge is -2.12. The van der Waals surface area contributed by atoms with Gasteiger partial charge in [-0.2, -0.15) is 0 Å². The van der Waals surface area contributed by atoms with E-state index in [4.69, 9.17) is 9.97 Å². The van der Waals surface area contributed by atoms with Gasteiger partial charge in [0, 0.05) is 38.2 Å². The second-order valence-corrected chi connectivity index (χ2v) is 11.8. The molecule has 0 fully saturated rings. The summed E-state index contributed by atoms with van der Waals surface area (Å²) in [5.41, 5.74) is 8.65. The van der Waals surface area contributed by atoms with Crippen LogP contribution in [0.2, 0.25) is 0 Å². The Hall–Kier alpha value is -6.26. The number of aromatic nitrogens is 4. The molecule has 0 aliphatic rings. The van der Waals surface area contributed by atoms with E-state index in [1.54, 1.807) is 0 Å². The van der Waals surface area contributed by atoms with E-state index in [2.05, 4.69) is 155 Å². The Balaban J connectivity index is 1.35. The van der Waals surface area contributed by atoms with Crippen molar-refractivity contribution in [3.63, 3.8) is 0 Å². The predicted octanol–water partition coefficient (Wildman–Crippen LogP) is 10.6. The lowest BCUT2D eigenvalue weighted by Crippen LogP contribution is -2.03. The third-order valence-electron chi connectivity index (χ3n) is 9.30. The quantitative estimate of drug-likeness (QED) is 0.206. The summed E-state index contributed by atoms with van der Waals surface area (Å²) in [6, 6.07) is 55.9. The molecule has 4 nitrogen and oxygen atoms in total. The second-order valence-electron chi connectivity index (χ2n) is 11.8. The molecule has 0 aliphatic carbocycles. The maximum atomic E-state index is 5.30. The molecule has 214 valence electrons. The highest BCUT2D eigenvalue weighted by molar-refractivity contribution is 6.24. The summed E-state index contributed by atoms with van der Waals surface area (Å²) < 4.78 is 4.63. The van der Waals surface area contributed by atoms with Gasteiger partial charge in [-0.15, -0.1) is 0 Å². The lowest BCUT2D eigenvalue weighted by molar-refractivity contribution is 1.01. The maximum Gasteiger partial charge on any atom is 0.235 e. The Labute approximate surface area is 264 Å². The van der Waals surface area contributed by atoms with Gasteiger partial charge in [0.05, 0.1) is 33.3 Å². The van der Waals surface area contributed by atoms with Crippen molar-refractivity contribution in [2.24, 2.45) is 0 Å². The van der Waals surface area contributed by atoms with Crippen LogP contribution >= 0.6 is 0 Å². The lowest BCUT2D eigenvalue weighted by atomic mass is 10.0. The maximum absolute atomic E-state index is 5.30. The third kappa shape index (κ3) is 3.55. The van der Waals surface area contributed by atoms with Gasteiger partial charge in [-0.1, -0.05) is 109 Å². The largest absolute Gasteiger partial charge is 0.309 e. The molecule has 0 saturated carbocycles. The van der Waals surface area contributed by atoms with Gasteiger partial charge in [0.15, 0.2) is 0 Å². The molecule has 4 heteroatoms. The molecule has 0 saturated heterocycles. The van der Waals surface area contributed by atoms with Crippen LogP contribution in [-0.2, 0) is 0 Å². The van der Waals surface area contributed by atoms with Gasteiger partial charge in [-0.05, 0) is 59.3 Å². The molecule has 0 bridgehead atoms. The van der Waals surface area contributed by atoms with Crippen LogP contribution in [0.1, 0.15) is 0 Å². The zero-order valence-electron chi connectivity index (χ0n) is 24.8. The minimum atomic E-state index is 0.669. The van der Waals surface area contributed by atoms with Gasteiger partial charge < -0.3 is 4.57 Å². The van der Waals surface area contributed by atoms with Crippen molar-refractivity contribution in [1.82, 2.24) is 19.1 Å². The van der Waals surface area contributed by atoms with E-state index >= 15 is 0 Å². The summed E-state index contributed by atoms with van der Waals surface area (Å²) in [7, 11) is 0. The first-order valence-corrected chi connectivity index (χ1v) is 15.6. The summed E-state index contributed by atoms with van der Waals surface area (Å²) in [4.78, 5) is 10.5. The van der Waals surface area contributed by atoms with Gasteiger partial charge in [0.25, 0.3) is 0 Å². The van der Waals surface area contributed by atoms with Gasteiger partial charge in [-0.25, -0.2) is 9.97 Å². The van der Waals surface area contributed by atoms with Crippen LogP contribution in [0.5, 0.6) is 0 Å². The van der Waals surface area contributed by atoms with Crippen LogP contribution in [-0.4, -0.2) is 19.1 Å². The SMILES string of the molecule is c1ccc(-c2nc(-n3c4ccccc4c4cc5ccc6c(c5cc43)c3ccccc3n6-c3ccccc3)nc3ccccc23)cc1. The topological polar surface area (TPSA) is 35.6 Å². The number of hydrogen-bond acceptors (Lipinski definition) is 2. The Morgan fingerprint density at radius 2 is 1.04 bits per heavy atom. The fraction of sp³-hybridized carbons (Fsp3) is 0. The molecule has 3 aromatic heterocycles. The van der Waals surface area contributed by atoms with E-state index in [1.165, 1.54) is 43.4 Å². The van der Waals surface area contributed by atoms with E-state index in [0.29, 0.717) is 5.95 Å². The van der Waals surface area contributed by atoms with Crippen molar-refractivity contribution in [3.05, 3.63) is 158 Å². The highest BCUT2D eigenvalue weighted by Crippen LogP contribution is 2.41. The number of rotatable bonds is 3. The molecule has 0 spiro atoms. The molecule has 0 aliphatic heterocycles. The zero-order valence-corrected chi connectivity index (χ0v) is 24.8. The predicted molar refractivity (Wildman–Crippen MR) is 191 cm³/mol. The van der Waals surface area contributed by atoms with Crippen LogP contribution in [0.25, 0.3) is 88.2 Å². The van der Waals surface area contributed by atoms with Crippen molar-refractivity contribution in [3.8, 4) is 22.9 Å². The van der Waals surface area contributed by atoms with Crippen molar-refractivity contribution in [2.45, 2.75) is 0 Å². The van der Waals surface area contributed by atoms with Gasteiger partial charge in [0.2, 0.25) is 5.95 Å². The Kier molecular flexibility index (Phi) is 5.25. The minimum absolute atomic E-state index is 0.669. The van der Waals surface area contributed by atoms with E-state index in [9.17, 15) is 0 Å². The summed E-state index contributed by atoms with van der Waals surface area (Å²) in [6.07, 6.45) is 0. The van der Waals surface area contributed by atoms with Crippen LogP contribution < -0.4 is 0 Å². The molecular weight excluding hydrogens is 560 g/mol. The molecular formula is C42H26N4. The molecule has 0 atom stereocenters. The number of hydrogen-bond donors (Lipinski definition) is 0. The van der Waals surface area contributed by atoms with Crippen molar-refractivity contribution in [1.29, 1.82) is 0 Å². The van der Waals surface area contributed by atoms with Crippen LogP contribution in [0.15, 0.2) is 158 Å². The summed E-state index contributed by atoms with van der Waals surface area (Å²) in [5, 5.41) is 8.32. The Bertz CT molecular complexity index is 2790.